The zero-order chi connectivity index (χ0) is 21.1. The molecule has 156 valence electrons. The minimum atomic E-state index is -4.36. The fourth-order valence-corrected chi connectivity index (χ4v) is 4.03. The molecule has 8 heteroatoms. The van der Waals surface area contributed by atoms with Crippen LogP contribution in [0.15, 0.2) is 42.5 Å². The van der Waals surface area contributed by atoms with E-state index >= 15 is 0 Å². The van der Waals surface area contributed by atoms with Gasteiger partial charge in [-0.15, -0.1) is 0 Å². The maximum atomic E-state index is 12.7. The summed E-state index contributed by atoms with van der Waals surface area (Å²) in [6.45, 7) is 0. The fraction of sp³-hybridized carbons (Fsp3) is 0.381. The third-order valence-corrected chi connectivity index (χ3v) is 5.42. The molecule has 0 heterocycles. The Morgan fingerprint density at radius 3 is 2.14 bits per heavy atom. The van der Waals surface area contributed by atoms with Crippen LogP contribution < -0.4 is 20.1 Å². The van der Waals surface area contributed by atoms with E-state index in [2.05, 4.69) is 10.6 Å². The zero-order valence-electron chi connectivity index (χ0n) is 16.2. The Morgan fingerprint density at radius 2 is 1.59 bits per heavy atom. The number of halogens is 3. The second-order valence-corrected chi connectivity index (χ2v) is 7.42. The molecule has 2 aromatic rings. The molecular formula is C21H23F3N2O2S. The summed E-state index contributed by atoms with van der Waals surface area (Å²) in [4.78, 5) is 0. The molecule has 0 aliphatic heterocycles. The molecule has 0 atom stereocenters. The minimum absolute atomic E-state index is 0.362. The van der Waals surface area contributed by atoms with Crippen LogP contribution in [0.3, 0.4) is 0 Å². The molecule has 0 aromatic heterocycles. The number of nitrogens with one attached hydrogen (secondary N) is 2. The van der Waals surface area contributed by atoms with Gasteiger partial charge >= 0.3 is 6.18 Å². The van der Waals surface area contributed by atoms with Crippen molar-refractivity contribution in [1.29, 1.82) is 0 Å². The molecule has 0 spiro atoms. The molecule has 4 nitrogen and oxygen atoms in total. The molecule has 1 saturated carbocycles. The van der Waals surface area contributed by atoms with Crippen molar-refractivity contribution in [2.45, 2.75) is 37.4 Å². The lowest BCUT2D eigenvalue weighted by molar-refractivity contribution is -0.137. The monoisotopic (exact) mass is 424 g/mol. The summed E-state index contributed by atoms with van der Waals surface area (Å²) >= 11 is 5.46. The highest BCUT2D eigenvalue weighted by atomic mass is 32.1. The van der Waals surface area contributed by atoms with Crippen molar-refractivity contribution in [2.24, 2.45) is 0 Å². The molecule has 0 unspecified atom stereocenters. The number of thiocarbonyl (C=S) groups is 1. The topological polar surface area (TPSA) is 42.5 Å². The van der Waals surface area contributed by atoms with Crippen LogP contribution in [-0.4, -0.2) is 19.3 Å². The summed E-state index contributed by atoms with van der Waals surface area (Å²) in [5.74, 6) is 1.29. The number of hydrogen-bond acceptors (Lipinski definition) is 3. The van der Waals surface area contributed by atoms with Crippen molar-refractivity contribution in [2.75, 3.05) is 19.5 Å². The molecule has 3 rings (SSSR count). The van der Waals surface area contributed by atoms with Gasteiger partial charge in [0.1, 0.15) is 0 Å². The third-order valence-electron chi connectivity index (χ3n) is 5.22. The zero-order valence-corrected chi connectivity index (χ0v) is 17.0. The summed E-state index contributed by atoms with van der Waals surface area (Å²) in [5, 5.41) is 6.75. The van der Waals surface area contributed by atoms with Gasteiger partial charge in [0.05, 0.1) is 25.3 Å². The third kappa shape index (κ3) is 4.75. The van der Waals surface area contributed by atoms with Crippen molar-refractivity contribution in [1.82, 2.24) is 5.32 Å². The van der Waals surface area contributed by atoms with Gasteiger partial charge in [-0.25, -0.2) is 0 Å². The van der Waals surface area contributed by atoms with Gasteiger partial charge in [0.15, 0.2) is 16.6 Å². The van der Waals surface area contributed by atoms with Crippen molar-refractivity contribution in [3.8, 4) is 11.5 Å². The van der Waals surface area contributed by atoms with Crippen LogP contribution in [0.5, 0.6) is 11.5 Å². The van der Waals surface area contributed by atoms with Crippen LogP contribution in [0, 0.1) is 0 Å². The van der Waals surface area contributed by atoms with E-state index < -0.39 is 11.7 Å². The standard InChI is InChI=1S/C21H23F3N2O2S/c1-27-17-10-7-15(13-18(17)28-2)20(11-3-4-12-20)26-19(29)25-16-8-5-14(6-9-16)21(22,23)24/h5-10,13H,3-4,11-12H2,1-2H3,(H2,25,26,29). The predicted molar refractivity (Wildman–Crippen MR) is 110 cm³/mol. The number of benzene rings is 2. The molecule has 0 amide bonds. The van der Waals surface area contributed by atoms with E-state index in [9.17, 15) is 13.2 Å². The molecule has 2 aromatic carbocycles. The van der Waals surface area contributed by atoms with Gasteiger partial charge in [-0.3, -0.25) is 0 Å². The lowest BCUT2D eigenvalue weighted by atomic mass is 9.88. The van der Waals surface area contributed by atoms with Crippen LogP contribution in [0.1, 0.15) is 36.8 Å². The highest BCUT2D eigenvalue weighted by molar-refractivity contribution is 7.80. The summed E-state index contributed by atoms with van der Waals surface area (Å²) < 4.78 is 48.9. The van der Waals surface area contributed by atoms with Crippen molar-refractivity contribution >= 4 is 23.0 Å². The predicted octanol–water partition coefficient (Wildman–Crippen LogP) is 5.48. The van der Waals surface area contributed by atoms with Crippen LogP contribution >= 0.6 is 12.2 Å². The fourth-order valence-electron chi connectivity index (χ4n) is 3.72. The van der Waals surface area contributed by atoms with Gasteiger partial charge in [0.25, 0.3) is 0 Å². The van der Waals surface area contributed by atoms with Gasteiger partial charge in [0, 0.05) is 5.69 Å². The van der Waals surface area contributed by atoms with Crippen molar-refractivity contribution in [3.63, 3.8) is 0 Å². The minimum Gasteiger partial charge on any atom is -0.493 e. The lowest BCUT2D eigenvalue weighted by Gasteiger charge is -2.33. The second-order valence-electron chi connectivity index (χ2n) is 7.01. The van der Waals surface area contributed by atoms with E-state index in [0.29, 0.717) is 22.3 Å². The van der Waals surface area contributed by atoms with Crippen LogP contribution in [0.25, 0.3) is 0 Å². The Kier molecular flexibility index (Phi) is 6.21. The lowest BCUT2D eigenvalue weighted by Crippen LogP contribution is -2.45. The largest absolute Gasteiger partial charge is 0.493 e. The average Bonchev–Trinajstić information content (AvgIpc) is 3.16. The van der Waals surface area contributed by atoms with Crippen LogP contribution in [-0.2, 0) is 11.7 Å². The molecule has 29 heavy (non-hydrogen) atoms. The first kappa shape index (κ1) is 21.2. The molecule has 1 aliphatic carbocycles. The van der Waals surface area contributed by atoms with E-state index in [1.807, 2.05) is 18.2 Å². The number of ether oxygens (including phenoxy) is 2. The van der Waals surface area contributed by atoms with Gasteiger partial charge < -0.3 is 20.1 Å². The quantitative estimate of drug-likeness (QED) is 0.623. The van der Waals surface area contributed by atoms with Gasteiger partial charge in [-0.2, -0.15) is 13.2 Å². The summed E-state index contributed by atoms with van der Waals surface area (Å²) in [7, 11) is 3.18. The highest BCUT2D eigenvalue weighted by Gasteiger charge is 2.37. The Hall–Kier alpha value is -2.48. The van der Waals surface area contributed by atoms with Crippen LogP contribution in [0.4, 0.5) is 18.9 Å². The first-order valence-electron chi connectivity index (χ1n) is 9.26. The number of hydrogen-bond donors (Lipinski definition) is 2. The maximum absolute atomic E-state index is 12.7. The van der Waals surface area contributed by atoms with Crippen molar-refractivity contribution < 1.29 is 22.6 Å². The molecule has 1 aliphatic rings. The first-order valence-corrected chi connectivity index (χ1v) is 9.67. The normalized spacial score (nSPS) is 15.6. The van der Waals surface area contributed by atoms with E-state index in [1.54, 1.807) is 14.2 Å². The molecule has 0 saturated heterocycles. The average molecular weight is 424 g/mol. The number of anilines is 1. The summed E-state index contributed by atoms with van der Waals surface area (Å²) in [6.07, 6.45) is -0.498. The number of alkyl halides is 3. The van der Waals surface area contributed by atoms with E-state index in [-0.39, 0.29) is 5.54 Å². The SMILES string of the molecule is COc1ccc(C2(NC(=S)Nc3ccc(C(F)(F)F)cc3)CCCC2)cc1OC. The van der Waals surface area contributed by atoms with Gasteiger partial charge in [0.2, 0.25) is 0 Å². The molecule has 0 bridgehead atoms. The molecule has 1 fully saturated rings. The second kappa shape index (κ2) is 8.49. The van der Waals surface area contributed by atoms with Gasteiger partial charge in [-0.05, 0) is 67.0 Å². The van der Waals surface area contributed by atoms with E-state index in [4.69, 9.17) is 21.7 Å². The Bertz CT molecular complexity index is 863. The molecule has 2 N–H and O–H groups in total. The Balaban J connectivity index is 1.77. The van der Waals surface area contributed by atoms with E-state index in [0.717, 1.165) is 43.4 Å². The van der Waals surface area contributed by atoms with Gasteiger partial charge in [-0.1, -0.05) is 18.9 Å². The summed E-state index contributed by atoms with van der Waals surface area (Å²) in [6, 6.07) is 10.6. The van der Waals surface area contributed by atoms with Crippen molar-refractivity contribution in [3.05, 3.63) is 53.6 Å². The maximum Gasteiger partial charge on any atom is 0.416 e. The Morgan fingerprint density at radius 1 is 0.966 bits per heavy atom. The van der Waals surface area contributed by atoms with Crippen LogP contribution in [0.2, 0.25) is 0 Å². The summed E-state index contributed by atoms with van der Waals surface area (Å²) in [5.41, 5.74) is 0.468. The molecule has 0 radical (unpaired) electrons. The highest BCUT2D eigenvalue weighted by Crippen LogP contribution is 2.42. The number of methoxy groups -OCH3 is 2. The Labute approximate surface area is 173 Å². The van der Waals surface area contributed by atoms with E-state index in [1.165, 1.54) is 12.1 Å². The number of rotatable bonds is 5. The smallest absolute Gasteiger partial charge is 0.416 e. The molecular weight excluding hydrogens is 401 g/mol. The first-order chi connectivity index (χ1) is 13.8.